The van der Waals surface area contributed by atoms with Crippen LogP contribution in [0.25, 0.3) is 0 Å². The van der Waals surface area contributed by atoms with Crippen LogP contribution < -0.4 is 0 Å². The summed E-state index contributed by atoms with van der Waals surface area (Å²) in [6, 6.07) is 8.70. The SMILES string of the molecule is CC(C)(C)C(C(=O)c1ccc(C2CCCCC2)cc1)[S+]1CCCC1. The molecule has 1 saturated carbocycles. The molecule has 1 aliphatic heterocycles. The normalized spacial score (nSPS) is 21.8. The van der Waals surface area contributed by atoms with E-state index in [1.54, 1.807) is 0 Å². The van der Waals surface area contributed by atoms with Crippen LogP contribution in [0.3, 0.4) is 0 Å². The predicted molar refractivity (Wildman–Crippen MR) is 106 cm³/mol. The monoisotopic (exact) mass is 345 g/mol. The second-order valence-electron chi connectivity index (χ2n) is 8.72. The molecule has 1 atom stereocenters. The van der Waals surface area contributed by atoms with Crippen LogP contribution in [0.15, 0.2) is 24.3 Å². The third kappa shape index (κ3) is 4.07. The summed E-state index contributed by atoms with van der Waals surface area (Å²) < 4.78 is 0. The lowest BCUT2D eigenvalue weighted by Crippen LogP contribution is -2.42. The smallest absolute Gasteiger partial charge is 0.215 e. The molecule has 24 heavy (non-hydrogen) atoms. The number of benzene rings is 1. The zero-order valence-electron chi connectivity index (χ0n) is 15.6. The van der Waals surface area contributed by atoms with Crippen LogP contribution in [-0.4, -0.2) is 22.5 Å². The molecule has 1 aromatic rings. The third-order valence-electron chi connectivity index (χ3n) is 5.69. The summed E-state index contributed by atoms with van der Waals surface area (Å²) in [7, 11) is 0.276. The lowest BCUT2D eigenvalue weighted by Gasteiger charge is -2.28. The number of hydrogen-bond acceptors (Lipinski definition) is 1. The zero-order valence-corrected chi connectivity index (χ0v) is 16.5. The van der Waals surface area contributed by atoms with Gasteiger partial charge < -0.3 is 0 Å². The van der Waals surface area contributed by atoms with Crippen LogP contribution in [0.4, 0.5) is 0 Å². The van der Waals surface area contributed by atoms with Crippen LogP contribution in [-0.2, 0) is 10.9 Å². The number of carbonyl (C=O) groups excluding carboxylic acids is 1. The molecule has 2 fully saturated rings. The highest BCUT2D eigenvalue weighted by molar-refractivity contribution is 7.98. The molecule has 0 aromatic heterocycles. The van der Waals surface area contributed by atoms with Gasteiger partial charge in [-0.25, -0.2) is 0 Å². The second kappa shape index (κ2) is 7.64. The van der Waals surface area contributed by atoms with E-state index in [4.69, 9.17) is 0 Å². The molecule has 0 bridgehead atoms. The van der Waals surface area contributed by atoms with Gasteiger partial charge in [0, 0.05) is 11.0 Å². The van der Waals surface area contributed by atoms with E-state index < -0.39 is 0 Å². The first-order valence-corrected chi connectivity index (χ1v) is 11.4. The fraction of sp³-hybridized carbons (Fsp3) is 0.682. The van der Waals surface area contributed by atoms with Gasteiger partial charge in [-0.2, -0.15) is 0 Å². The fourth-order valence-electron chi connectivity index (χ4n) is 4.46. The van der Waals surface area contributed by atoms with Crippen LogP contribution in [0.2, 0.25) is 0 Å². The molecule has 0 amide bonds. The van der Waals surface area contributed by atoms with Crippen molar-refractivity contribution in [3.8, 4) is 0 Å². The van der Waals surface area contributed by atoms with E-state index in [1.807, 2.05) is 0 Å². The average Bonchev–Trinajstić information content (AvgIpc) is 3.08. The molecule has 1 aromatic carbocycles. The lowest BCUT2D eigenvalue weighted by molar-refractivity contribution is 0.0949. The Hall–Kier alpha value is -0.760. The van der Waals surface area contributed by atoms with Gasteiger partial charge in [-0.1, -0.05) is 64.3 Å². The topological polar surface area (TPSA) is 17.1 Å². The number of Topliss-reactive ketones (excluding diaryl/α,β-unsaturated/α-hetero) is 1. The van der Waals surface area contributed by atoms with Crippen molar-refractivity contribution in [2.75, 3.05) is 11.5 Å². The molecule has 1 aliphatic carbocycles. The zero-order chi connectivity index (χ0) is 17.2. The third-order valence-corrected chi connectivity index (χ3v) is 8.91. The Morgan fingerprint density at radius 2 is 1.54 bits per heavy atom. The van der Waals surface area contributed by atoms with Crippen molar-refractivity contribution in [2.24, 2.45) is 5.41 Å². The van der Waals surface area contributed by atoms with Crippen molar-refractivity contribution in [3.63, 3.8) is 0 Å². The summed E-state index contributed by atoms with van der Waals surface area (Å²) >= 11 is 0. The molecule has 1 saturated heterocycles. The highest BCUT2D eigenvalue weighted by Crippen LogP contribution is 2.35. The Morgan fingerprint density at radius 1 is 0.958 bits per heavy atom. The standard InChI is InChI=1S/C22H33OS/c1-22(2,3)21(24-15-7-8-16-24)20(23)19-13-11-18(12-14-19)17-9-5-4-6-10-17/h11-14,17,21H,4-10,15-16H2,1-3H3/q+1. The van der Waals surface area contributed by atoms with E-state index in [1.165, 1.54) is 62.0 Å². The molecule has 1 heterocycles. The van der Waals surface area contributed by atoms with Crippen molar-refractivity contribution >= 4 is 16.7 Å². The van der Waals surface area contributed by atoms with Crippen LogP contribution in [0, 0.1) is 5.41 Å². The minimum absolute atomic E-state index is 0.0621. The van der Waals surface area contributed by atoms with Gasteiger partial charge in [0.1, 0.15) is 11.5 Å². The van der Waals surface area contributed by atoms with Crippen molar-refractivity contribution < 1.29 is 4.79 Å². The molecule has 0 spiro atoms. The molecule has 132 valence electrons. The quantitative estimate of drug-likeness (QED) is 0.502. The van der Waals surface area contributed by atoms with E-state index in [-0.39, 0.29) is 21.6 Å². The van der Waals surface area contributed by atoms with Crippen LogP contribution in [0.1, 0.15) is 87.6 Å². The molecular weight excluding hydrogens is 312 g/mol. The second-order valence-corrected chi connectivity index (χ2v) is 11.1. The molecular formula is C22H33OS+. The fourth-order valence-corrected chi connectivity index (χ4v) is 7.73. The highest BCUT2D eigenvalue weighted by Gasteiger charge is 2.46. The maximum atomic E-state index is 13.3. The van der Waals surface area contributed by atoms with Crippen LogP contribution in [0.5, 0.6) is 0 Å². The van der Waals surface area contributed by atoms with Gasteiger partial charge in [-0.05, 0) is 48.1 Å². The summed E-state index contributed by atoms with van der Waals surface area (Å²) in [4.78, 5) is 13.3. The minimum Gasteiger partial charge on any atom is -0.288 e. The Balaban J connectivity index is 1.77. The summed E-state index contributed by atoms with van der Waals surface area (Å²) in [6.45, 7) is 6.74. The minimum atomic E-state index is 0.0621. The Labute approximate surface area is 151 Å². The van der Waals surface area contributed by atoms with Crippen molar-refractivity contribution in [1.29, 1.82) is 0 Å². The Kier molecular flexibility index (Phi) is 5.74. The average molecular weight is 346 g/mol. The molecule has 1 unspecified atom stereocenters. The van der Waals surface area contributed by atoms with Crippen molar-refractivity contribution in [1.82, 2.24) is 0 Å². The van der Waals surface area contributed by atoms with E-state index in [2.05, 4.69) is 45.0 Å². The summed E-state index contributed by atoms with van der Waals surface area (Å²) in [5.41, 5.74) is 2.45. The van der Waals surface area contributed by atoms with Crippen molar-refractivity contribution in [2.45, 2.75) is 76.9 Å². The first-order valence-electron chi connectivity index (χ1n) is 9.77. The molecule has 2 heteroatoms. The lowest BCUT2D eigenvalue weighted by atomic mass is 9.83. The maximum Gasteiger partial charge on any atom is 0.215 e. The first kappa shape index (κ1) is 18.0. The molecule has 3 rings (SSSR count). The first-order chi connectivity index (χ1) is 11.5. The summed E-state index contributed by atoms with van der Waals surface area (Å²) in [6.07, 6.45) is 9.37. The number of carbonyl (C=O) groups is 1. The van der Waals surface area contributed by atoms with E-state index in [0.717, 1.165) is 11.5 Å². The largest absolute Gasteiger partial charge is 0.288 e. The summed E-state index contributed by atoms with van der Waals surface area (Å²) in [5, 5.41) is 0.195. The van der Waals surface area contributed by atoms with Gasteiger partial charge in [0.25, 0.3) is 0 Å². The van der Waals surface area contributed by atoms with Gasteiger partial charge >= 0.3 is 0 Å². The molecule has 2 aliphatic rings. The van der Waals surface area contributed by atoms with Crippen LogP contribution >= 0.6 is 0 Å². The maximum absolute atomic E-state index is 13.3. The van der Waals surface area contributed by atoms with Gasteiger partial charge in [0.2, 0.25) is 5.78 Å². The predicted octanol–water partition coefficient (Wildman–Crippen LogP) is 5.74. The van der Waals surface area contributed by atoms with Gasteiger partial charge in [0.05, 0.1) is 0 Å². The van der Waals surface area contributed by atoms with Gasteiger partial charge in [-0.3, -0.25) is 4.79 Å². The Bertz CT molecular complexity index is 542. The number of rotatable bonds is 4. The van der Waals surface area contributed by atoms with Crippen molar-refractivity contribution in [3.05, 3.63) is 35.4 Å². The molecule has 1 nitrogen and oxygen atoms in total. The van der Waals surface area contributed by atoms with E-state index in [0.29, 0.717) is 5.78 Å². The highest BCUT2D eigenvalue weighted by atomic mass is 32.2. The van der Waals surface area contributed by atoms with Gasteiger partial charge in [0.15, 0.2) is 5.25 Å². The number of hydrogen-bond donors (Lipinski definition) is 0. The van der Waals surface area contributed by atoms with E-state index >= 15 is 0 Å². The number of ketones is 1. The van der Waals surface area contributed by atoms with Gasteiger partial charge in [-0.15, -0.1) is 0 Å². The van der Waals surface area contributed by atoms with E-state index in [9.17, 15) is 4.79 Å². The Morgan fingerprint density at radius 3 is 2.08 bits per heavy atom. The summed E-state index contributed by atoms with van der Waals surface area (Å²) in [5.74, 6) is 3.63. The molecule has 0 radical (unpaired) electrons. The molecule has 0 N–H and O–H groups in total.